The number of esters is 1. The Labute approximate surface area is 124 Å². The molecule has 0 fully saturated rings. The lowest BCUT2D eigenvalue weighted by Gasteiger charge is -2.27. The molecule has 0 bridgehead atoms. The predicted octanol–water partition coefficient (Wildman–Crippen LogP) is 0.219. The van der Waals surface area contributed by atoms with Gasteiger partial charge in [0.05, 0.1) is 18.7 Å². The van der Waals surface area contributed by atoms with E-state index >= 15 is 0 Å². The van der Waals surface area contributed by atoms with Crippen molar-refractivity contribution in [2.45, 2.75) is 32.9 Å². The van der Waals surface area contributed by atoms with Gasteiger partial charge in [0.15, 0.2) is 0 Å². The minimum atomic E-state index is -3.59. The van der Waals surface area contributed by atoms with Crippen LogP contribution in [0.2, 0.25) is 0 Å². The Morgan fingerprint density at radius 1 is 1.30 bits per heavy atom. The van der Waals surface area contributed by atoms with E-state index in [1.165, 1.54) is 0 Å². The highest BCUT2D eigenvalue weighted by molar-refractivity contribution is 7.88. The van der Waals surface area contributed by atoms with Gasteiger partial charge in [0, 0.05) is 11.8 Å². The first-order valence-corrected chi connectivity index (χ1v) is 8.49. The molecule has 0 saturated heterocycles. The number of hydrogen-bond acceptors (Lipinski definition) is 6. The molecule has 0 aromatic heterocycles. The van der Waals surface area contributed by atoms with Crippen molar-refractivity contribution in [3.05, 3.63) is 0 Å². The Bertz CT molecular complexity index is 448. The monoisotopic (exact) mass is 327 g/mol. The van der Waals surface area contributed by atoms with E-state index in [-0.39, 0.29) is 5.75 Å². The molecule has 2 atom stereocenters. The van der Waals surface area contributed by atoms with Crippen molar-refractivity contribution in [2.24, 2.45) is 5.92 Å². The molecule has 0 unspecified atom stereocenters. The Morgan fingerprint density at radius 3 is 2.10 bits per heavy atom. The molecule has 1 N–H and O–H groups in total. The third kappa shape index (κ3) is 6.10. The number of aliphatic carboxylic acids is 1. The zero-order chi connectivity index (χ0) is 16.1. The fourth-order valence-corrected chi connectivity index (χ4v) is 2.71. The number of sulfonamides is 1. The number of carboxylic acids is 1. The summed E-state index contributed by atoms with van der Waals surface area (Å²) in [6.07, 6.45) is -0.564. The minimum Gasteiger partial charge on any atom is -0.478 e. The molecule has 9 heteroatoms. The molecule has 0 aromatic rings. The summed E-state index contributed by atoms with van der Waals surface area (Å²) in [6.45, 7) is 4.35. The lowest BCUT2D eigenvalue weighted by Crippen LogP contribution is -2.46. The van der Waals surface area contributed by atoms with Gasteiger partial charge in [-0.3, -0.25) is 4.79 Å². The molecule has 0 aromatic carbocycles. The number of carbonyl (C=O) groups excluding carboxylic acids is 1. The van der Waals surface area contributed by atoms with Gasteiger partial charge < -0.3 is 9.84 Å². The first kappa shape index (κ1) is 19.2. The molecular weight excluding hydrogens is 306 g/mol. The third-order valence-corrected chi connectivity index (χ3v) is 4.53. The summed E-state index contributed by atoms with van der Waals surface area (Å²) in [5.74, 6) is -2.46. The van der Waals surface area contributed by atoms with Crippen LogP contribution in [0.1, 0.15) is 20.8 Å². The maximum absolute atomic E-state index is 11.6. The van der Waals surface area contributed by atoms with Crippen molar-refractivity contribution in [1.29, 1.82) is 0 Å². The zero-order valence-corrected chi connectivity index (χ0v) is 13.6. The number of hydrogen-bond donors (Lipinski definition) is 2. The molecule has 0 spiro atoms. The maximum atomic E-state index is 11.6. The van der Waals surface area contributed by atoms with E-state index < -0.39 is 46.6 Å². The van der Waals surface area contributed by atoms with Gasteiger partial charge in [-0.05, 0) is 13.8 Å². The van der Waals surface area contributed by atoms with Gasteiger partial charge in [-0.15, -0.1) is 0 Å². The molecule has 0 radical (unpaired) electrons. The zero-order valence-electron chi connectivity index (χ0n) is 11.9. The second kappa shape index (κ2) is 7.84. The smallest absolute Gasteiger partial charge is 0.346 e. The van der Waals surface area contributed by atoms with Crippen molar-refractivity contribution >= 4 is 34.6 Å². The average molecular weight is 327 g/mol. The van der Waals surface area contributed by atoms with E-state index in [1.54, 1.807) is 20.8 Å². The lowest BCUT2D eigenvalue weighted by molar-refractivity contribution is -0.166. The SMILES string of the molecule is CC(C)N(C[C@H](OC(=O)[C@H](C)CS)C(=O)O)S(C)(=O)=O. The third-order valence-electron chi connectivity index (χ3n) is 2.56. The Balaban J connectivity index is 5.03. The van der Waals surface area contributed by atoms with E-state index in [9.17, 15) is 18.0 Å². The van der Waals surface area contributed by atoms with Crippen LogP contribution >= 0.6 is 12.6 Å². The molecule has 0 heterocycles. The largest absolute Gasteiger partial charge is 0.478 e. The normalized spacial score (nSPS) is 15.2. The van der Waals surface area contributed by atoms with Gasteiger partial charge in [-0.1, -0.05) is 6.92 Å². The van der Waals surface area contributed by atoms with Crippen LogP contribution in [0, 0.1) is 5.92 Å². The maximum Gasteiger partial charge on any atom is 0.346 e. The Hall–Kier alpha value is -0.800. The molecular formula is C11H21NO6S2. The second-order valence-corrected chi connectivity index (χ2v) is 7.07. The topological polar surface area (TPSA) is 101 Å². The van der Waals surface area contributed by atoms with Gasteiger partial charge in [-0.2, -0.15) is 16.9 Å². The van der Waals surface area contributed by atoms with Crippen LogP contribution in [-0.2, 0) is 24.3 Å². The molecule has 0 saturated carbocycles. The van der Waals surface area contributed by atoms with Gasteiger partial charge in [0.1, 0.15) is 0 Å². The second-order valence-electron chi connectivity index (χ2n) is 4.77. The van der Waals surface area contributed by atoms with Crippen molar-refractivity contribution in [3.63, 3.8) is 0 Å². The molecule has 0 aliphatic heterocycles. The fourth-order valence-electron chi connectivity index (χ4n) is 1.39. The molecule has 0 aliphatic rings. The summed E-state index contributed by atoms with van der Waals surface area (Å²) >= 11 is 3.92. The number of ether oxygens (including phenoxy) is 1. The standard InChI is InChI=1S/C11H21NO6S2/c1-7(2)12(20(4,16)17)5-9(10(13)14)18-11(15)8(3)6-19/h7-9,19H,5-6H2,1-4H3,(H,13,14)/t8-,9+/m1/s1. The summed E-state index contributed by atoms with van der Waals surface area (Å²) in [6, 6.07) is -0.437. The number of thiol groups is 1. The van der Waals surface area contributed by atoms with Crippen LogP contribution in [0.15, 0.2) is 0 Å². The molecule has 118 valence electrons. The first-order valence-electron chi connectivity index (χ1n) is 6.01. The summed E-state index contributed by atoms with van der Waals surface area (Å²) < 4.78 is 29.0. The van der Waals surface area contributed by atoms with E-state index in [0.29, 0.717) is 0 Å². The van der Waals surface area contributed by atoms with Crippen LogP contribution < -0.4 is 0 Å². The average Bonchev–Trinajstić information content (AvgIpc) is 2.30. The van der Waals surface area contributed by atoms with Crippen LogP contribution in [0.4, 0.5) is 0 Å². The predicted molar refractivity (Wildman–Crippen MR) is 77.2 cm³/mol. The van der Waals surface area contributed by atoms with Crippen molar-refractivity contribution in [1.82, 2.24) is 4.31 Å². The highest BCUT2D eigenvalue weighted by Crippen LogP contribution is 2.11. The van der Waals surface area contributed by atoms with E-state index in [1.807, 2.05) is 0 Å². The van der Waals surface area contributed by atoms with E-state index in [0.717, 1.165) is 10.6 Å². The fraction of sp³-hybridized carbons (Fsp3) is 0.818. The Morgan fingerprint density at radius 2 is 1.80 bits per heavy atom. The van der Waals surface area contributed by atoms with Gasteiger partial charge >= 0.3 is 11.9 Å². The summed E-state index contributed by atoms with van der Waals surface area (Å²) in [7, 11) is -3.59. The Kier molecular flexibility index (Phi) is 7.53. The molecule has 0 rings (SSSR count). The van der Waals surface area contributed by atoms with Crippen LogP contribution in [0.3, 0.4) is 0 Å². The van der Waals surface area contributed by atoms with Crippen molar-refractivity contribution in [2.75, 3.05) is 18.6 Å². The number of rotatable bonds is 8. The molecule has 7 nitrogen and oxygen atoms in total. The summed E-state index contributed by atoms with van der Waals surface area (Å²) in [4.78, 5) is 22.7. The van der Waals surface area contributed by atoms with Crippen LogP contribution in [0.25, 0.3) is 0 Å². The van der Waals surface area contributed by atoms with Crippen molar-refractivity contribution in [3.8, 4) is 0 Å². The number of carboxylic acid groups (broad SMARTS) is 1. The quantitative estimate of drug-likeness (QED) is 0.488. The first-order chi connectivity index (χ1) is 9.00. The van der Waals surface area contributed by atoms with Gasteiger partial charge in [0.2, 0.25) is 16.1 Å². The van der Waals surface area contributed by atoms with Crippen LogP contribution in [-0.4, -0.2) is 60.5 Å². The van der Waals surface area contributed by atoms with Gasteiger partial charge in [0.25, 0.3) is 0 Å². The van der Waals surface area contributed by atoms with E-state index in [2.05, 4.69) is 12.6 Å². The summed E-state index contributed by atoms with van der Waals surface area (Å²) in [5.41, 5.74) is 0. The number of carbonyl (C=O) groups is 2. The van der Waals surface area contributed by atoms with Gasteiger partial charge in [-0.25, -0.2) is 13.2 Å². The van der Waals surface area contributed by atoms with E-state index in [4.69, 9.17) is 9.84 Å². The minimum absolute atomic E-state index is 0.213. The highest BCUT2D eigenvalue weighted by atomic mass is 32.2. The van der Waals surface area contributed by atoms with Crippen molar-refractivity contribution < 1.29 is 27.9 Å². The molecule has 0 amide bonds. The summed E-state index contributed by atoms with van der Waals surface area (Å²) in [5, 5.41) is 9.06. The van der Waals surface area contributed by atoms with Crippen LogP contribution in [0.5, 0.6) is 0 Å². The molecule has 0 aliphatic carbocycles. The number of nitrogens with zero attached hydrogens (tertiary/aromatic N) is 1. The molecule has 20 heavy (non-hydrogen) atoms. The lowest BCUT2D eigenvalue weighted by atomic mass is 10.2. The highest BCUT2D eigenvalue weighted by Gasteiger charge is 2.31.